The zero-order valence-corrected chi connectivity index (χ0v) is 19.1. The molecule has 0 atom stereocenters. The fraction of sp³-hybridized carbons (Fsp3) is 0.292. The number of para-hydroxylation sites is 1. The van der Waals surface area contributed by atoms with E-state index in [0.29, 0.717) is 22.6 Å². The predicted molar refractivity (Wildman–Crippen MR) is 124 cm³/mol. The van der Waals surface area contributed by atoms with Crippen molar-refractivity contribution in [1.29, 1.82) is 0 Å². The number of H-pyrrole nitrogens is 1. The molecule has 0 fully saturated rings. The zero-order valence-electron chi connectivity index (χ0n) is 19.1. The van der Waals surface area contributed by atoms with Gasteiger partial charge in [0.25, 0.3) is 11.5 Å². The monoisotopic (exact) mass is 452 g/mol. The Morgan fingerprint density at radius 3 is 2.45 bits per heavy atom. The Balaban J connectivity index is 1.89. The average molecular weight is 453 g/mol. The summed E-state index contributed by atoms with van der Waals surface area (Å²) in [5.74, 6) is 0.702. The summed E-state index contributed by atoms with van der Waals surface area (Å²) in [6.45, 7) is 0.276. The first kappa shape index (κ1) is 24.0. The Bertz CT molecular complexity index is 1170. The number of ether oxygens (including phenoxy) is 2. The molecule has 0 aliphatic heterocycles. The summed E-state index contributed by atoms with van der Waals surface area (Å²) in [5, 5.41) is 12.4. The van der Waals surface area contributed by atoms with Crippen molar-refractivity contribution in [3.05, 3.63) is 75.2 Å². The van der Waals surface area contributed by atoms with Crippen LogP contribution in [-0.4, -0.2) is 54.2 Å². The van der Waals surface area contributed by atoms with Gasteiger partial charge in [-0.1, -0.05) is 36.4 Å². The number of amides is 1. The SMILES string of the molecule is COc1cccc(CNC(=O)c2nc(-c3ccc(CN(C)C)cc3)[nH]c(=O)c2CO)c1OC. The molecule has 3 aromatic rings. The van der Waals surface area contributed by atoms with E-state index in [0.717, 1.165) is 12.1 Å². The van der Waals surface area contributed by atoms with E-state index in [1.54, 1.807) is 18.2 Å². The van der Waals surface area contributed by atoms with Crippen LogP contribution in [0.4, 0.5) is 0 Å². The summed E-state index contributed by atoms with van der Waals surface area (Å²) in [6.07, 6.45) is 0. The molecule has 3 N–H and O–H groups in total. The van der Waals surface area contributed by atoms with Gasteiger partial charge in [-0.15, -0.1) is 0 Å². The number of methoxy groups -OCH3 is 2. The van der Waals surface area contributed by atoms with Gasteiger partial charge in [0.1, 0.15) is 11.5 Å². The minimum absolute atomic E-state index is 0.0990. The second-order valence-electron chi connectivity index (χ2n) is 7.67. The first-order chi connectivity index (χ1) is 15.9. The van der Waals surface area contributed by atoms with Crippen LogP contribution in [0.15, 0.2) is 47.3 Å². The van der Waals surface area contributed by atoms with E-state index in [2.05, 4.69) is 15.3 Å². The molecule has 1 amide bonds. The molecule has 174 valence electrons. The lowest BCUT2D eigenvalue weighted by atomic mass is 10.1. The number of aliphatic hydroxyl groups is 1. The highest BCUT2D eigenvalue weighted by Crippen LogP contribution is 2.30. The molecule has 0 aliphatic carbocycles. The molecule has 0 radical (unpaired) electrons. The van der Waals surface area contributed by atoms with Crippen LogP contribution in [0.2, 0.25) is 0 Å². The van der Waals surface area contributed by atoms with Crippen LogP contribution in [-0.2, 0) is 19.7 Å². The van der Waals surface area contributed by atoms with Gasteiger partial charge in [0, 0.05) is 24.2 Å². The van der Waals surface area contributed by atoms with E-state index in [1.807, 2.05) is 43.3 Å². The largest absolute Gasteiger partial charge is 0.493 e. The van der Waals surface area contributed by atoms with Crippen molar-refractivity contribution < 1.29 is 19.4 Å². The van der Waals surface area contributed by atoms with Crippen molar-refractivity contribution in [2.45, 2.75) is 19.7 Å². The van der Waals surface area contributed by atoms with Crippen LogP contribution in [0.3, 0.4) is 0 Å². The molecule has 0 bridgehead atoms. The number of hydrogen-bond acceptors (Lipinski definition) is 7. The van der Waals surface area contributed by atoms with Crippen molar-refractivity contribution in [3.8, 4) is 22.9 Å². The first-order valence-corrected chi connectivity index (χ1v) is 10.3. The topological polar surface area (TPSA) is 117 Å². The van der Waals surface area contributed by atoms with Crippen molar-refractivity contribution in [3.63, 3.8) is 0 Å². The number of nitrogens with zero attached hydrogens (tertiary/aromatic N) is 2. The summed E-state index contributed by atoms with van der Waals surface area (Å²) in [7, 11) is 7.00. The minimum atomic E-state index is -0.615. The van der Waals surface area contributed by atoms with Crippen LogP contribution >= 0.6 is 0 Å². The second-order valence-corrected chi connectivity index (χ2v) is 7.67. The maximum atomic E-state index is 12.9. The molecule has 9 heteroatoms. The van der Waals surface area contributed by atoms with Crippen molar-refractivity contribution in [2.24, 2.45) is 0 Å². The maximum absolute atomic E-state index is 12.9. The predicted octanol–water partition coefficient (Wildman–Crippen LogP) is 1.94. The number of aromatic nitrogens is 2. The van der Waals surface area contributed by atoms with Crippen molar-refractivity contribution >= 4 is 5.91 Å². The Morgan fingerprint density at radius 2 is 1.85 bits per heavy atom. The van der Waals surface area contributed by atoms with Gasteiger partial charge in [-0.2, -0.15) is 0 Å². The van der Waals surface area contributed by atoms with Gasteiger partial charge >= 0.3 is 0 Å². The highest BCUT2D eigenvalue weighted by Gasteiger charge is 2.19. The van der Waals surface area contributed by atoms with Gasteiger partial charge < -0.3 is 29.8 Å². The maximum Gasteiger partial charge on any atom is 0.270 e. The highest BCUT2D eigenvalue weighted by molar-refractivity contribution is 5.94. The molecule has 9 nitrogen and oxygen atoms in total. The first-order valence-electron chi connectivity index (χ1n) is 10.3. The normalized spacial score (nSPS) is 10.8. The number of nitrogens with one attached hydrogen (secondary N) is 2. The van der Waals surface area contributed by atoms with Gasteiger partial charge in [0.2, 0.25) is 0 Å². The molecule has 0 spiro atoms. The van der Waals surface area contributed by atoms with Crippen LogP contribution in [0.1, 0.15) is 27.2 Å². The van der Waals surface area contributed by atoms with E-state index in [1.165, 1.54) is 14.2 Å². The van der Waals surface area contributed by atoms with Gasteiger partial charge in [-0.25, -0.2) is 4.98 Å². The summed E-state index contributed by atoms with van der Waals surface area (Å²) < 4.78 is 10.7. The zero-order chi connectivity index (χ0) is 24.0. The molecule has 3 rings (SSSR count). The lowest BCUT2D eigenvalue weighted by molar-refractivity contribution is 0.0941. The van der Waals surface area contributed by atoms with E-state index in [9.17, 15) is 14.7 Å². The van der Waals surface area contributed by atoms with Gasteiger partial charge in [-0.3, -0.25) is 9.59 Å². The lowest BCUT2D eigenvalue weighted by Gasteiger charge is -2.14. The summed E-state index contributed by atoms with van der Waals surface area (Å²) in [4.78, 5) is 34.6. The number of hydrogen-bond donors (Lipinski definition) is 3. The van der Waals surface area contributed by atoms with Crippen LogP contribution in [0, 0.1) is 0 Å². The fourth-order valence-electron chi connectivity index (χ4n) is 3.45. The van der Waals surface area contributed by atoms with Crippen LogP contribution < -0.4 is 20.3 Å². The minimum Gasteiger partial charge on any atom is -0.493 e. The summed E-state index contributed by atoms with van der Waals surface area (Å²) in [5.41, 5.74) is 1.65. The molecule has 2 aromatic carbocycles. The molecule has 0 saturated carbocycles. The standard InChI is InChI=1S/C24H28N4O5/c1-28(2)13-15-8-10-16(11-9-15)22-26-20(18(14-29)23(30)27-22)24(31)25-12-17-6-5-7-19(32-3)21(17)33-4/h5-11,29H,12-14H2,1-4H3,(H,25,31)(H,26,27,30). The third kappa shape index (κ3) is 5.57. The number of aromatic amines is 1. The highest BCUT2D eigenvalue weighted by atomic mass is 16.5. The number of carbonyl (C=O) groups is 1. The Kier molecular flexibility index (Phi) is 7.81. The summed E-state index contributed by atoms with van der Waals surface area (Å²) in [6, 6.07) is 12.9. The van der Waals surface area contributed by atoms with Crippen molar-refractivity contribution in [2.75, 3.05) is 28.3 Å². The van der Waals surface area contributed by atoms with E-state index in [-0.39, 0.29) is 23.6 Å². The second kappa shape index (κ2) is 10.8. The molecule has 33 heavy (non-hydrogen) atoms. The lowest BCUT2D eigenvalue weighted by Crippen LogP contribution is -2.29. The molecule has 1 heterocycles. The quantitative estimate of drug-likeness (QED) is 0.454. The van der Waals surface area contributed by atoms with Gasteiger partial charge in [0.05, 0.1) is 26.4 Å². The smallest absolute Gasteiger partial charge is 0.270 e. The molecule has 0 saturated heterocycles. The van der Waals surface area contributed by atoms with Crippen molar-refractivity contribution in [1.82, 2.24) is 20.2 Å². The van der Waals surface area contributed by atoms with E-state index < -0.39 is 18.1 Å². The molecule has 1 aromatic heterocycles. The molecular weight excluding hydrogens is 424 g/mol. The Labute approximate surface area is 192 Å². The van der Waals surface area contributed by atoms with E-state index in [4.69, 9.17) is 9.47 Å². The third-order valence-corrected chi connectivity index (χ3v) is 5.04. The number of carbonyl (C=O) groups excluding carboxylic acids is 1. The molecule has 0 unspecified atom stereocenters. The number of aliphatic hydroxyl groups excluding tert-OH is 1. The van der Waals surface area contributed by atoms with Gasteiger partial charge in [-0.05, 0) is 25.7 Å². The average Bonchev–Trinajstić information content (AvgIpc) is 2.81. The fourth-order valence-corrected chi connectivity index (χ4v) is 3.45. The Morgan fingerprint density at radius 1 is 1.12 bits per heavy atom. The third-order valence-electron chi connectivity index (χ3n) is 5.04. The summed E-state index contributed by atoms with van der Waals surface area (Å²) >= 11 is 0. The molecule has 0 aliphatic rings. The van der Waals surface area contributed by atoms with E-state index >= 15 is 0 Å². The van der Waals surface area contributed by atoms with Gasteiger partial charge in [0.15, 0.2) is 11.5 Å². The van der Waals surface area contributed by atoms with Crippen LogP contribution in [0.25, 0.3) is 11.4 Å². The number of rotatable bonds is 9. The van der Waals surface area contributed by atoms with Crippen LogP contribution in [0.5, 0.6) is 11.5 Å². The molecular formula is C24H28N4O5. The Hall–Kier alpha value is -3.69. The number of benzene rings is 2.